The van der Waals surface area contributed by atoms with Gasteiger partial charge in [-0.3, -0.25) is 0 Å². The first-order valence-electron chi connectivity index (χ1n) is 5.33. The maximum atomic E-state index is 11.8. The monoisotopic (exact) mass is 215 g/mol. The van der Waals surface area contributed by atoms with Crippen LogP contribution in [0.25, 0.3) is 0 Å². The topological polar surface area (TPSA) is 58.6 Å². The molecule has 1 aliphatic heterocycles. The fraction of sp³-hybridized carbons (Fsp3) is 0.909. The molecule has 1 fully saturated rings. The minimum Gasteiger partial charge on any atom is -0.464 e. The van der Waals surface area contributed by atoms with Crippen LogP contribution < -0.4 is 5.32 Å². The maximum Gasteiger partial charge on any atom is 0.340 e. The van der Waals surface area contributed by atoms with Crippen molar-refractivity contribution in [2.45, 2.75) is 57.7 Å². The van der Waals surface area contributed by atoms with Gasteiger partial charge in [-0.1, -0.05) is 0 Å². The number of carbonyl (C=O) groups is 1. The van der Waals surface area contributed by atoms with Crippen molar-refractivity contribution in [2.24, 2.45) is 0 Å². The molecule has 4 heteroatoms. The zero-order valence-corrected chi connectivity index (χ0v) is 10.2. The van der Waals surface area contributed by atoms with Crippen LogP contribution in [-0.2, 0) is 9.53 Å². The second kappa shape index (κ2) is 3.46. The maximum absolute atomic E-state index is 11.8. The minimum atomic E-state index is -1.44. The van der Waals surface area contributed by atoms with Crippen LogP contribution in [0, 0.1) is 0 Å². The molecule has 0 spiro atoms. The summed E-state index contributed by atoms with van der Waals surface area (Å²) in [5.74, 6) is -0.534. The van der Waals surface area contributed by atoms with E-state index in [1.165, 1.54) is 0 Å². The zero-order chi connectivity index (χ0) is 11.9. The van der Waals surface area contributed by atoms with Gasteiger partial charge in [0.2, 0.25) is 0 Å². The van der Waals surface area contributed by atoms with E-state index in [4.69, 9.17) is 4.74 Å². The minimum absolute atomic E-state index is 0.259. The SMILES string of the molecule is CCOC(=O)C1(O)CC(C)(C)NC1(C)C. The Kier molecular flexibility index (Phi) is 2.87. The van der Waals surface area contributed by atoms with Crippen LogP contribution >= 0.6 is 0 Å². The number of esters is 1. The third-order valence-electron chi connectivity index (χ3n) is 3.00. The van der Waals surface area contributed by atoms with E-state index in [1.807, 2.05) is 27.7 Å². The summed E-state index contributed by atoms with van der Waals surface area (Å²) in [6.07, 6.45) is 0.367. The van der Waals surface area contributed by atoms with E-state index in [0.29, 0.717) is 6.42 Å². The lowest BCUT2D eigenvalue weighted by Crippen LogP contribution is -2.57. The number of carbonyl (C=O) groups excluding carboxylic acids is 1. The molecule has 0 aromatic rings. The van der Waals surface area contributed by atoms with Crippen LogP contribution in [0.15, 0.2) is 0 Å². The van der Waals surface area contributed by atoms with Crippen LogP contribution in [0.1, 0.15) is 41.0 Å². The molecule has 1 atom stereocenters. The van der Waals surface area contributed by atoms with E-state index in [1.54, 1.807) is 6.92 Å². The summed E-state index contributed by atoms with van der Waals surface area (Å²) in [5.41, 5.74) is -2.36. The highest BCUT2D eigenvalue weighted by atomic mass is 16.5. The van der Waals surface area contributed by atoms with Crippen molar-refractivity contribution in [1.29, 1.82) is 0 Å². The lowest BCUT2D eigenvalue weighted by Gasteiger charge is -2.33. The fourth-order valence-corrected chi connectivity index (χ4v) is 2.43. The molecule has 1 aliphatic rings. The van der Waals surface area contributed by atoms with Gasteiger partial charge < -0.3 is 15.2 Å². The molecular formula is C11H21NO3. The number of rotatable bonds is 2. The van der Waals surface area contributed by atoms with Gasteiger partial charge in [-0.2, -0.15) is 0 Å². The van der Waals surface area contributed by atoms with Gasteiger partial charge in [0, 0.05) is 12.0 Å². The molecule has 0 aromatic carbocycles. The third-order valence-corrected chi connectivity index (χ3v) is 3.00. The Morgan fingerprint density at radius 3 is 2.27 bits per heavy atom. The summed E-state index contributed by atoms with van der Waals surface area (Å²) in [5, 5.41) is 13.7. The predicted octanol–water partition coefficient (Wildman–Crippen LogP) is 0.831. The largest absolute Gasteiger partial charge is 0.464 e. The molecule has 0 aliphatic carbocycles. The van der Waals surface area contributed by atoms with Crippen molar-refractivity contribution in [3.63, 3.8) is 0 Å². The van der Waals surface area contributed by atoms with Crippen LogP contribution in [0.5, 0.6) is 0 Å². The van der Waals surface area contributed by atoms with Gasteiger partial charge in [-0.15, -0.1) is 0 Å². The second-order valence-corrected chi connectivity index (χ2v) is 5.39. The Balaban J connectivity index is 2.97. The first kappa shape index (κ1) is 12.5. The number of ether oxygens (including phenoxy) is 1. The van der Waals surface area contributed by atoms with Crippen molar-refractivity contribution >= 4 is 5.97 Å². The standard InChI is InChI=1S/C11H21NO3/c1-6-15-8(13)11(14)7-9(2,3)12-10(11,4)5/h12,14H,6-7H2,1-5H3. The van der Waals surface area contributed by atoms with Gasteiger partial charge in [0.1, 0.15) is 0 Å². The number of nitrogens with one attached hydrogen (secondary N) is 1. The summed E-state index contributed by atoms with van der Waals surface area (Å²) in [6, 6.07) is 0. The van der Waals surface area contributed by atoms with Crippen LogP contribution in [0.2, 0.25) is 0 Å². The third kappa shape index (κ3) is 2.01. The molecule has 88 valence electrons. The second-order valence-electron chi connectivity index (χ2n) is 5.39. The number of aliphatic hydroxyl groups is 1. The molecule has 1 heterocycles. The molecule has 0 radical (unpaired) electrons. The Hall–Kier alpha value is -0.610. The average Bonchev–Trinajstić information content (AvgIpc) is 2.17. The van der Waals surface area contributed by atoms with Gasteiger partial charge in [0.15, 0.2) is 5.60 Å². The van der Waals surface area contributed by atoms with Crippen molar-refractivity contribution in [3.8, 4) is 0 Å². The Labute approximate surface area is 91.0 Å². The number of hydrogen-bond donors (Lipinski definition) is 2. The van der Waals surface area contributed by atoms with Crippen molar-refractivity contribution in [1.82, 2.24) is 5.32 Å². The highest BCUT2D eigenvalue weighted by molar-refractivity contribution is 5.82. The molecule has 1 unspecified atom stereocenters. The van der Waals surface area contributed by atoms with Crippen LogP contribution in [0.4, 0.5) is 0 Å². The Morgan fingerprint density at radius 2 is 1.93 bits per heavy atom. The van der Waals surface area contributed by atoms with Crippen molar-refractivity contribution in [3.05, 3.63) is 0 Å². The molecular weight excluding hydrogens is 194 g/mol. The van der Waals surface area contributed by atoms with Gasteiger partial charge in [-0.05, 0) is 34.6 Å². The number of hydrogen-bond acceptors (Lipinski definition) is 4. The van der Waals surface area contributed by atoms with E-state index < -0.39 is 17.1 Å². The lowest BCUT2D eigenvalue weighted by molar-refractivity contribution is -0.170. The van der Waals surface area contributed by atoms with Crippen molar-refractivity contribution < 1.29 is 14.6 Å². The fourth-order valence-electron chi connectivity index (χ4n) is 2.43. The average molecular weight is 215 g/mol. The Bertz CT molecular complexity index is 273. The zero-order valence-electron chi connectivity index (χ0n) is 10.2. The summed E-state index contributed by atoms with van der Waals surface area (Å²) in [7, 11) is 0. The highest BCUT2D eigenvalue weighted by Gasteiger charge is 2.60. The molecule has 0 aromatic heterocycles. The molecule has 1 rings (SSSR count). The molecule has 0 amide bonds. The van der Waals surface area contributed by atoms with E-state index >= 15 is 0 Å². The molecule has 2 N–H and O–H groups in total. The van der Waals surface area contributed by atoms with Gasteiger partial charge in [-0.25, -0.2) is 4.79 Å². The Morgan fingerprint density at radius 1 is 1.40 bits per heavy atom. The van der Waals surface area contributed by atoms with Gasteiger partial charge >= 0.3 is 5.97 Å². The molecule has 15 heavy (non-hydrogen) atoms. The smallest absolute Gasteiger partial charge is 0.340 e. The molecule has 4 nitrogen and oxygen atoms in total. The van der Waals surface area contributed by atoms with Crippen LogP contribution in [0.3, 0.4) is 0 Å². The summed E-state index contributed by atoms with van der Waals surface area (Å²) in [6.45, 7) is 9.59. The normalized spacial score (nSPS) is 32.7. The molecule has 1 saturated heterocycles. The molecule has 0 bridgehead atoms. The van der Waals surface area contributed by atoms with Crippen molar-refractivity contribution in [2.75, 3.05) is 6.61 Å². The van der Waals surface area contributed by atoms with E-state index in [9.17, 15) is 9.90 Å². The van der Waals surface area contributed by atoms with Crippen LogP contribution in [-0.4, -0.2) is 34.4 Å². The predicted molar refractivity (Wildman–Crippen MR) is 57.5 cm³/mol. The quantitative estimate of drug-likeness (QED) is 0.670. The first-order valence-corrected chi connectivity index (χ1v) is 5.33. The first-order chi connectivity index (χ1) is 6.65. The summed E-state index contributed by atoms with van der Waals surface area (Å²) in [4.78, 5) is 11.8. The van der Waals surface area contributed by atoms with Gasteiger partial charge in [0.25, 0.3) is 0 Å². The molecule has 0 saturated carbocycles. The highest BCUT2D eigenvalue weighted by Crippen LogP contribution is 2.40. The summed E-state index contributed by atoms with van der Waals surface area (Å²) >= 11 is 0. The summed E-state index contributed by atoms with van der Waals surface area (Å²) < 4.78 is 4.93. The van der Waals surface area contributed by atoms with E-state index in [0.717, 1.165) is 0 Å². The van der Waals surface area contributed by atoms with Gasteiger partial charge in [0.05, 0.1) is 12.1 Å². The van der Waals surface area contributed by atoms with E-state index in [-0.39, 0.29) is 12.1 Å². The lowest BCUT2D eigenvalue weighted by atomic mass is 9.82. The van der Waals surface area contributed by atoms with E-state index in [2.05, 4.69) is 5.32 Å².